The van der Waals surface area contributed by atoms with Crippen molar-refractivity contribution in [2.45, 2.75) is 46.1 Å². The molecule has 1 fully saturated rings. The molecule has 0 saturated heterocycles. The summed E-state index contributed by atoms with van der Waals surface area (Å²) in [5.74, 6) is 1.06. The highest BCUT2D eigenvalue weighted by Crippen LogP contribution is 2.28. The van der Waals surface area contributed by atoms with Crippen molar-refractivity contribution in [2.75, 3.05) is 13.2 Å². The van der Waals surface area contributed by atoms with Crippen LogP contribution in [-0.2, 0) is 9.53 Å². The van der Waals surface area contributed by atoms with Gasteiger partial charge in [-0.1, -0.05) is 20.3 Å². The molecule has 3 heteroatoms. The van der Waals surface area contributed by atoms with Crippen molar-refractivity contribution in [2.24, 2.45) is 11.8 Å². The lowest BCUT2D eigenvalue weighted by atomic mass is 9.99. The van der Waals surface area contributed by atoms with Gasteiger partial charge in [0.25, 0.3) is 0 Å². The Labute approximate surface area is 92.6 Å². The van der Waals surface area contributed by atoms with Gasteiger partial charge in [-0.15, -0.1) is 0 Å². The van der Waals surface area contributed by atoms with Crippen LogP contribution in [0.2, 0.25) is 0 Å². The number of nitrogens with one attached hydrogen (secondary N) is 1. The highest BCUT2D eigenvalue weighted by molar-refractivity contribution is 5.76. The third kappa shape index (κ3) is 4.20. The maximum absolute atomic E-state index is 11.7. The maximum atomic E-state index is 11.7. The fourth-order valence-corrected chi connectivity index (χ4v) is 1.60. The summed E-state index contributed by atoms with van der Waals surface area (Å²) in [5, 5.41) is 3.34. The molecule has 0 aromatic heterocycles. The van der Waals surface area contributed by atoms with Crippen LogP contribution in [0.25, 0.3) is 0 Å². The second kappa shape index (κ2) is 6.11. The Balaban J connectivity index is 2.38. The molecule has 0 amide bonds. The van der Waals surface area contributed by atoms with E-state index in [9.17, 15) is 4.79 Å². The number of carbonyl (C=O) groups excluding carboxylic acids is 1. The van der Waals surface area contributed by atoms with E-state index in [1.807, 2.05) is 6.92 Å². The van der Waals surface area contributed by atoms with Crippen molar-refractivity contribution in [1.29, 1.82) is 0 Å². The molecule has 2 atom stereocenters. The summed E-state index contributed by atoms with van der Waals surface area (Å²) < 4.78 is 5.08. The zero-order chi connectivity index (χ0) is 11.3. The van der Waals surface area contributed by atoms with Crippen LogP contribution in [0.5, 0.6) is 0 Å². The summed E-state index contributed by atoms with van der Waals surface area (Å²) >= 11 is 0. The minimum Gasteiger partial charge on any atom is -0.465 e. The Morgan fingerprint density at radius 2 is 2.13 bits per heavy atom. The molecule has 2 unspecified atom stereocenters. The van der Waals surface area contributed by atoms with Crippen LogP contribution < -0.4 is 5.32 Å². The number of carbonyl (C=O) groups is 1. The normalized spacial score (nSPS) is 19.7. The zero-order valence-electron chi connectivity index (χ0n) is 10.1. The largest absolute Gasteiger partial charge is 0.465 e. The molecule has 15 heavy (non-hydrogen) atoms. The summed E-state index contributed by atoms with van der Waals surface area (Å²) in [5.41, 5.74) is 0. The predicted molar refractivity (Wildman–Crippen MR) is 60.6 cm³/mol. The van der Waals surface area contributed by atoms with Crippen LogP contribution in [0.4, 0.5) is 0 Å². The maximum Gasteiger partial charge on any atom is 0.323 e. The Morgan fingerprint density at radius 1 is 1.47 bits per heavy atom. The van der Waals surface area contributed by atoms with Gasteiger partial charge in [0, 0.05) is 0 Å². The van der Waals surface area contributed by atoms with Gasteiger partial charge in [-0.05, 0) is 38.1 Å². The number of rotatable bonds is 7. The summed E-state index contributed by atoms with van der Waals surface area (Å²) in [4.78, 5) is 11.7. The lowest BCUT2D eigenvalue weighted by Gasteiger charge is -2.22. The van der Waals surface area contributed by atoms with Crippen molar-refractivity contribution in [3.8, 4) is 0 Å². The molecule has 1 aliphatic carbocycles. The van der Waals surface area contributed by atoms with Crippen molar-refractivity contribution in [1.82, 2.24) is 5.32 Å². The molecule has 0 aromatic carbocycles. The molecule has 0 radical (unpaired) electrons. The Bertz CT molecular complexity index is 202. The first-order chi connectivity index (χ1) is 7.19. The molecule has 88 valence electrons. The second-order valence-corrected chi connectivity index (χ2v) is 4.47. The fourth-order valence-electron chi connectivity index (χ4n) is 1.60. The van der Waals surface area contributed by atoms with Crippen LogP contribution in [0.15, 0.2) is 0 Å². The Hall–Kier alpha value is -0.570. The average Bonchev–Trinajstić information content (AvgIpc) is 3.02. The molecule has 0 aliphatic heterocycles. The van der Waals surface area contributed by atoms with Crippen molar-refractivity contribution >= 4 is 5.97 Å². The molecule has 1 saturated carbocycles. The van der Waals surface area contributed by atoms with Crippen LogP contribution in [0.3, 0.4) is 0 Å². The van der Waals surface area contributed by atoms with Gasteiger partial charge in [-0.25, -0.2) is 0 Å². The number of hydrogen-bond donors (Lipinski definition) is 1. The van der Waals surface area contributed by atoms with Gasteiger partial charge < -0.3 is 10.1 Å². The third-order valence-electron chi connectivity index (χ3n) is 3.08. The Morgan fingerprint density at radius 3 is 2.60 bits per heavy atom. The molecular formula is C12H23NO2. The minimum atomic E-state index is -0.115. The summed E-state index contributed by atoms with van der Waals surface area (Å²) in [6, 6.07) is -0.115. The van der Waals surface area contributed by atoms with Crippen molar-refractivity contribution < 1.29 is 9.53 Å². The zero-order valence-corrected chi connectivity index (χ0v) is 10.1. The van der Waals surface area contributed by atoms with Gasteiger partial charge >= 0.3 is 5.97 Å². The van der Waals surface area contributed by atoms with Gasteiger partial charge in [0.2, 0.25) is 0 Å². The van der Waals surface area contributed by atoms with Crippen LogP contribution in [0, 0.1) is 11.8 Å². The average molecular weight is 213 g/mol. The quantitative estimate of drug-likeness (QED) is 0.657. The molecule has 0 spiro atoms. The highest BCUT2D eigenvalue weighted by Gasteiger charge is 2.28. The van der Waals surface area contributed by atoms with Crippen LogP contribution in [-0.4, -0.2) is 25.2 Å². The molecule has 0 heterocycles. The molecule has 0 aromatic rings. The fraction of sp³-hybridized carbons (Fsp3) is 0.917. The molecule has 1 rings (SSSR count). The predicted octanol–water partition coefficient (Wildman–Crippen LogP) is 1.96. The van der Waals surface area contributed by atoms with E-state index < -0.39 is 0 Å². The van der Waals surface area contributed by atoms with E-state index in [1.54, 1.807) is 0 Å². The highest BCUT2D eigenvalue weighted by atomic mass is 16.5. The van der Waals surface area contributed by atoms with E-state index in [2.05, 4.69) is 19.2 Å². The number of esters is 1. The van der Waals surface area contributed by atoms with Crippen LogP contribution in [0.1, 0.15) is 40.0 Å². The summed E-state index contributed by atoms with van der Waals surface area (Å²) in [7, 11) is 0. The number of ether oxygens (including phenoxy) is 1. The van der Waals surface area contributed by atoms with Gasteiger partial charge in [0.05, 0.1) is 6.61 Å². The van der Waals surface area contributed by atoms with Gasteiger partial charge in [0.1, 0.15) is 6.04 Å². The molecule has 1 aliphatic rings. The first kappa shape index (κ1) is 12.5. The van der Waals surface area contributed by atoms with Gasteiger partial charge in [0.15, 0.2) is 0 Å². The lowest BCUT2D eigenvalue weighted by molar-refractivity contribution is -0.147. The van der Waals surface area contributed by atoms with E-state index in [1.165, 1.54) is 12.8 Å². The standard InChI is InChI=1S/C12H23NO2/c1-4-9(3)11(12(14)15-5-2)13-8-10-6-7-10/h9-11,13H,4-8H2,1-3H3. The molecule has 0 bridgehead atoms. The molecule has 1 N–H and O–H groups in total. The van der Waals surface area contributed by atoms with Crippen molar-refractivity contribution in [3.05, 3.63) is 0 Å². The first-order valence-corrected chi connectivity index (χ1v) is 6.09. The number of hydrogen-bond acceptors (Lipinski definition) is 3. The monoisotopic (exact) mass is 213 g/mol. The first-order valence-electron chi connectivity index (χ1n) is 6.09. The Kier molecular flexibility index (Phi) is 5.09. The second-order valence-electron chi connectivity index (χ2n) is 4.47. The molecule has 3 nitrogen and oxygen atoms in total. The topological polar surface area (TPSA) is 38.3 Å². The van der Waals surface area contributed by atoms with Crippen molar-refractivity contribution in [3.63, 3.8) is 0 Å². The third-order valence-corrected chi connectivity index (χ3v) is 3.08. The van der Waals surface area contributed by atoms with E-state index >= 15 is 0 Å². The van der Waals surface area contributed by atoms with Crippen LogP contribution >= 0.6 is 0 Å². The summed E-state index contributed by atoms with van der Waals surface area (Å²) in [6.07, 6.45) is 3.62. The van der Waals surface area contributed by atoms with E-state index in [4.69, 9.17) is 4.74 Å². The molecular weight excluding hydrogens is 190 g/mol. The smallest absolute Gasteiger partial charge is 0.323 e. The SMILES string of the molecule is CCOC(=O)C(NCC1CC1)C(C)CC. The van der Waals surface area contributed by atoms with E-state index in [0.717, 1.165) is 18.9 Å². The lowest BCUT2D eigenvalue weighted by Crippen LogP contribution is -2.43. The van der Waals surface area contributed by atoms with Gasteiger partial charge in [-0.2, -0.15) is 0 Å². The minimum absolute atomic E-state index is 0.0903. The van der Waals surface area contributed by atoms with E-state index in [-0.39, 0.29) is 12.0 Å². The summed E-state index contributed by atoms with van der Waals surface area (Å²) in [6.45, 7) is 7.49. The van der Waals surface area contributed by atoms with E-state index in [0.29, 0.717) is 12.5 Å². The van der Waals surface area contributed by atoms with Gasteiger partial charge in [-0.3, -0.25) is 4.79 Å².